The van der Waals surface area contributed by atoms with E-state index in [0.29, 0.717) is 6.42 Å². The van der Waals surface area contributed by atoms with Gasteiger partial charge in [-0.05, 0) is 29.8 Å². The van der Waals surface area contributed by atoms with Gasteiger partial charge in [0.25, 0.3) is 0 Å². The Morgan fingerprint density at radius 2 is 1.67 bits per heavy atom. The normalized spacial score (nSPS) is 17.7. The molecule has 0 spiro atoms. The lowest BCUT2D eigenvalue weighted by Crippen LogP contribution is -2.13. The quantitative estimate of drug-likeness (QED) is 0.650. The van der Waals surface area contributed by atoms with Crippen LogP contribution < -0.4 is 0 Å². The van der Waals surface area contributed by atoms with Gasteiger partial charge in [-0.1, -0.05) is 48.5 Å². The highest BCUT2D eigenvalue weighted by molar-refractivity contribution is 5.96. The van der Waals surface area contributed by atoms with Crippen molar-refractivity contribution in [3.8, 4) is 0 Å². The lowest BCUT2D eigenvalue weighted by atomic mass is 10.0. The molecule has 2 nitrogen and oxygen atoms in total. The molecule has 2 heteroatoms. The van der Waals surface area contributed by atoms with Gasteiger partial charge in [-0.15, -0.1) is 0 Å². The summed E-state index contributed by atoms with van der Waals surface area (Å²) in [5.74, 6) is 0.177. The molecular weight excluding hydrogens is 258 g/mol. The standard InChI is InChI=1S/C19H15NO/c21-17-11-10-16-12-15-8-4-5-9-18(15)20(16)19(13-17)14-6-2-1-3-7-14/h1-12,19H,13H2. The van der Waals surface area contributed by atoms with Gasteiger partial charge in [-0.2, -0.15) is 0 Å². The van der Waals surface area contributed by atoms with Crippen LogP contribution in [0.1, 0.15) is 23.7 Å². The maximum Gasteiger partial charge on any atom is 0.158 e. The first-order valence-corrected chi connectivity index (χ1v) is 7.19. The van der Waals surface area contributed by atoms with Crippen LogP contribution in [-0.4, -0.2) is 10.4 Å². The van der Waals surface area contributed by atoms with Crippen molar-refractivity contribution in [3.63, 3.8) is 0 Å². The van der Waals surface area contributed by atoms with Gasteiger partial charge in [0.2, 0.25) is 0 Å². The lowest BCUT2D eigenvalue weighted by Gasteiger charge is -2.20. The van der Waals surface area contributed by atoms with E-state index in [1.165, 1.54) is 16.5 Å². The number of hydrogen-bond donors (Lipinski definition) is 0. The summed E-state index contributed by atoms with van der Waals surface area (Å²) in [6.45, 7) is 0. The van der Waals surface area contributed by atoms with Gasteiger partial charge >= 0.3 is 0 Å². The summed E-state index contributed by atoms with van der Waals surface area (Å²) in [5, 5.41) is 1.22. The second kappa shape index (κ2) is 4.74. The van der Waals surface area contributed by atoms with Crippen LogP contribution in [-0.2, 0) is 4.79 Å². The minimum Gasteiger partial charge on any atom is -0.333 e. The third-order valence-corrected chi connectivity index (χ3v) is 4.11. The second-order valence-corrected chi connectivity index (χ2v) is 5.43. The van der Waals surface area contributed by atoms with Gasteiger partial charge in [0.1, 0.15) is 0 Å². The summed E-state index contributed by atoms with van der Waals surface area (Å²) >= 11 is 0. The third-order valence-electron chi connectivity index (χ3n) is 4.11. The zero-order chi connectivity index (χ0) is 14.2. The number of allylic oxidation sites excluding steroid dienone is 1. The molecule has 1 aromatic heterocycles. The van der Waals surface area contributed by atoms with E-state index in [9.17, 15) is 4.79 Å². The lowest BCUT2D eigenvalue weighted by molar-refractivity contribution is -0.114. The molecule has 4 rings (SSSR count). The number of para-hydroxylation sites is 1. The number of carbonyl (C=O) groups is 1. The first-order chi connectivity index (χ1) is 10.3. The minimum atomic E-state index is 0.0589. The summed E-state index contributed by atoms with van der Waals surface area (Å²) in [5.41, 5.74) is 3.45. The zero-order valence-corrected chi connectivity index (χ0v) is 11.6. The molecule has 1 unspecified atom stereocenters. The number of hydrogen-bond acceptors (Lipinski definition) is 1. The predicted octanol–water partition coefficient (Wildman–Crippen LogP) is 4.22. The Labute approximate surface area is 123 Å². The van der Waals surface area contributed by atoms with Crippen LogP contribution in [0.2, 0.25) is 0 Å². The highest BCUT2D eigenvalue weighted by atomic mass is 16.1. The van der Waals surface area contributed by atoms with Crippen LogP contribution in [0, 0.1) is 0 Å². The Morgan fingerprint density at radius 3 is 2.52 bits per heavy atom. The molecule has 0 amide bonds. The molecule has 0 radical (unpaired) electrons. The average molecular weight is 273 g/mol. The molecular formula is C19H15NO. The Balaban J connectivity index is 1.99. The van der Waals surface area contributed by atoms with Crippen molar-refractivity contribution in [1.29, 1.82) is 0 Å². The smallest absolute Gasteiger partial charge is 0.158 e. The van der Waals surface area contributed by atoms with Crippen molar-refractivity contribution in [2.24, 2.45) is 0 Å². The van der Waals surface area contributed by atoms with Crippen molar-refractivity contribution in [1.82, 2.24) is 4.57 Å². The van der Waals surface area contributed by atoms with Crippen LogP contribution in [0.3, 0.4) is 0 Å². The number of nitrogens with zero attached hydrogens (tertiary/aromatic N) is 1. The maximum absolute atomic E-state index is 12.1. The molecule has 2 heterocycles. The molecule has 21 heavy (non-hydrogen) atoms. The molecule has 0 N–H and O–H groups in total. The predicted molar refractivity (Wildman–Crippen MR) is 85.2 cm³/mol. The summed E-state index contributed by atoms with van der Waals surface area (Å²) < 4.78 is 2.28. The highest BCUT2D eigenvalue weighted by Crippen LogP contribution is 2.33. The van der Waals surface area contributed by atoms with E-state index >= 15 is 0 Å². The van der Waals surface area contributed by atoms with Gasteiger partial charge in [-0.3, -0.25) is 4.79 Å². The van der Waals surface area contributed by atoms with E-state index in [-0.39, 0.29) is 11.8 Å². The van der Waals surface area contributed by atoms with Crippen LogP contribution >= 0.6 is 0 Å². The molecule has 1 aliphatic rings. The monoisotopic (exact) mass is 273 g/mol. The van der Waals surface area contributed by atoms with Gasteiger partial charge in [0.05, 0.1) is 6.04 Å². The SMILES string of the molecule is O=C1C=Cc2cc3ccccc3n2C(c2ccccc2)C1. The largest absolute Gasteiger partial charge is 0.333 e. The van der Waals surface area contributed by atoms with E-state index in [2.05, 4.69) is 41.0 Å². The number of ketones is 1. The maximum atomic E-state index is 12.1. The minimum absolute atomic E-state index is 0.0589. The Hall–Kier alpha value is -2.61. The van der Waals surface area contributed by atoms with E-state index < -0.39 is 0 Å². The molecule has 2 aromatic carbocycles. The molecule has 0 fully saturated rings. The number of aromatic nitrogens is 1. The van der Waals surface area contributed by atoms with E-state index in [1.807, 2.05) is 30.3 Å². The second-order valence-electron chi connectivity index (χ2n) is 5.43. The van der Waals surface area contributed by atoms with Crippen molar-refractivity contribution in [3.05, 3.63) is 78.0 Å². The van der Waals surface area contributed by atoms with Crippen molar-refractivity contribution in [2.45, 2.75) is 12.5 Å². The van der Waals surface area contributed by atoms with Crippen molar-refractivity contribution in [2.75, 3.05) is 0 Å². The first-order valence-electron chi connectivity index (χ1n) is 7.19. The molecule has 3 aromatic rings. The van der Waals surface area contributed by atoms with E-state index in [1.54, 1.807) is 6.08 Å². The number of rotatable bonds is 1. The topological polar surface area (TPSA) is 22.0 Å². The van der Waals surface area contributed by atoms with Gasteiger partial charge in [-0.25, -0.2) is 0 Å². The Kier molecular flexibility index (Phi) is 2.74. The summed E-state index contributed by atoms with van der Waals surface area (Å²) in [6.07, 6.45) is 4.14. The molecule has 1 atom stereocenters. The fraction of sp³-hybridized carbons (Fsp3) is 0.105. The van der Waals surface area contributed by atoms with E-state index in [0.717, 1.165) is 5.69 Å². The molecule has 102 valence electrons. The fourth-order valence-electron chi connectivity index (χ4n) is 3.14. The number of fused-ring (bicyclic) bond motifs is 3. The molecule has 1 aliphatic heterocycles. The first kappa shape index (κ1) is 12.2. The van der Waals surface area contributed by atoms with Crippen LogP contribution in [0.5, 0.6) is 0 Å². The Morgan fingerprint density at radius 1 is 0.905 bits per heavy atom. The van der Waals surface area contributed by atoms with E-state index in [4.69, 9.17) is 0 Å². The zero-order valence-electron chi connectivity index (χ0n) is 11.6. The van der Waals surface area contributed by atoms with Gasteiger partial charge < -0.3 is 4.57 Å². The summed E-state index contributed by atoms with van der Waals surface area (Å²) in [6, 6.07) is 20.8. The third kappa shape index (κ3) is 2.00. The molecule has 0 saturated heterocycles. The van der Waals surface area contributed by atoms with Crippen molar-refractivity contribution >= 4 is 22.8 Å². The van der Waals surface area contributed by atoms with Crippen molar-refractivity contribution < 1.29 is 4.79 Å². The van der Waals surface area contributed by atoms with Crippen LogP contribution in [0.4, 0.5) is 0 Å². The van der Waals surface area contributed by atoms with Gasteiger partial charge in [0, 0.05) is 23.0 Å². The molecule has 0 bridgehead atoms. The average Bonchev–Trinajstić information content (AvgIpc) is 2.81. The summed E-state index contributed by atoms with van der Waals surface area (Å²) in [4.78, 5) is 12.1. The summed E-state index contributed by atoms with van der Waals surface area (Å²) in [7, 11) is 0. The Bertz CT molecular complexity index is 842. The number of benzene rings is 2. The number of carbonyl (C=O) groups excluding carboxylic acids is 1. The fourth-order valence-corrected chi connectivity index (χ4v) is 3.14. The van der Waals surface area contributed by atoms with Crippen LogP contribution in [0.25, 0.3) is 17.0 Å². The highest BCUT2D eigenvalue weighted by Gasteiger charge is 2.22. The molecule has 0 aliphatic carbocycles. The van der Waals surface area contributed by atoms with Gasteiger partial charge in [0.15, 0.2) is 5.78 Å². The van der Waals surface area contributed by atoms with Crippen LogP contribution in [0.15, 0.2) is 66.7 Å². The molecule has 0 saturated carbocycles.